The van der Waals surface area contributed by atoms with Gasteiger partial charge in [-0.2, -0.15) is 0 Å². The van der Waals surface area contributed by atoms with Crippen LogP contribution < -0.4 is 0 Å². The quantitative estimate of drug-likeness (QED) is 0.360. The first-order valence-corrected chi connectivity index (χ1v) is 10.5. The number of unbranched alkanes of at least 4 members (excludes halogenated alkanes) is 2. The molecule has 4 rings (SSSR count). The van der Waals surface area contributed by atoms with Gasteiger partial charge in [0.15, 0.2) is 0 Å². The van der Waals surface area contributed by atoms with Crippen LogP contribution in [0.3, 0.4) is 0 Å². The maximum atomic E-state index is 11.5. The predicted molar refractivity (Wildman–Crippen MR) is 121 cm³/mol. The highest BCUT2D eigenvalue weighted by atomic mass is 16.4. The minimum absolute atomic E-state index is 0.323. The van der Waals surface area contributed by atoms with Gasteiger partial charge in [-0.3, -0.25) is 0 Å². The molecular weight excluding hydrogens is 372 g/mol. The molecular formula is C26H26N2O2. The fourth-order valence-electron chi connectivity index (χ4n) is 3.92. The SMILES string of the molecule is CCCCCc1nc2ccccc2n1Cc1ccc(-c2ccccc2C(=O)O)cc1. The average Bonchev–Trinajstić information content (AvgIpc) is 3.12. The van der Waals surface area contributed by atoms with Crippen LogP contribution in [-0.4, -0.2) is 20.6 Å². The molecule has 30 heavy (non-hydrogen) atoms. The number of carboxylic acid groups (broad SMARTS) is 1. The van der Waals surface area contributed by atoms with Crippen molar-refractivity contribution in [2.45, 2.75) is 39.2 Å². The van der Waals surface area contributed by atoms with Crippen LogP contribution in [0.5, 0.6) is 0 Å². The van der Waals surface area contributed by atoms with E-state index in [4.69, 9.17) is 4.98 Å². The molecule has 0 amide bonds. The van der Waals surface area contributed by atoms with E-state index in [9.17, 15) is 9.90 Å². The Bertz CT molecular complexity index is 1160. The number of fused-ring (bicyclic) bond motifs is 1. The lowest BCUT2D eigenvalue weighted by Gasteiger charge is -2.11. The highest BCUT2D eigenvalue weighted by molar-refractivity contribution is 5.96. The molecule has 0 aliphatic heterocycles. The number of hydrogen-bond donors (Lipinski definition) is 1. The molecule has 4 aromatic rings. The Morgan fingerprint density at radius 2 is 1.67 bits per heavy atom. The van der Waals surface area contributed by atoms with E-state index in [-0.39, 0.29) is 0 Å². The maximum absolute atomic E-state index is 11.5. The van der Waals surface area contributed by atoms with Gasteiger partial charge in [-0.05, 0) is 41.3 Å². The lowest BCUT2D eigenvalue weighted by molar-refractivity contribution is 0.0697. The van der Waals surface area contributed by atoms with Crippen molar-refractivity contribution in [3.63, 3.8) is 0 Å². The third-order valence-corrected chi connectivity index (χ3v) is 5.50. The third kappa shape index (κ3) is 4.13. The van der Waals surface area contributed by atoms with Crippen molar-refractivity contribution < 1.29 is 9.90 Å². The Labute approximate surface area is 176 Å². The van der Waals surface area contributed by atoms with Gasteiger partial charge in [0.2, 0.25) is 0 Å². The summed E-state index contributed by atoms with van der Waals surface area (Å²) in [7, 11) is 0. The number of nitrogens with zero attached hydrogens (tertiary/aromatic N) is 2. The van der Waals surface area contributed by atoms with Gasteiger partial charge in [0, 0.05) is 13.0 Å². The van der Waals surface area contributed by atoms with Gasteiger partial charge in [0.25, 0.3) is 0 Å². The van der Waals surface area contributed by atoms with E-state index < -0.39 is 5.97 Å². The van der Waals surface area contributed by atoms with Gasteiger partial charge >= 0.3 is 5.97 Å². The van der Waals surface area contributed by atoms with Crippen molar-refractivity contribution in [3.8, 4) is 11.1 Å². The number of carboxylic acids is 1. The van der Waals surface area contributed by atoms with Crippen LogP contribution in [-0.2, 0) is 13.0 Å². The summed E-state index contributed by atoms with van der Waals surface area (Å²) in [6, 6.07) is 23.6. The topological polar surface area (TPSA) is 55.1 Å². The molecule has 152 valence electrons. The first-order valence-electron chi connectivity index (χ1n) is 10.5. The van der Waals surface area contributed by atoms with Crippen molar-refractivity contribution in [2.24, 2.45) is 0 Å². The van der Waals surface area contributed by atoms with Crippen LogP contribution in [0.4, 0.5) is 0 Å². The molecule has 1 heterocycles. The van der Waals surface area contributed by atoms with Gasteiger partial charge in [-0.25, -0.2) is 9.78 Å². The zero-order valence-electron chi connectivity index (χ0n) is 17.2. The lowest BCUT2D eigenvalue weighted by atomic mass is 9.99. The largest absolute Gasteiger partial charge is 0.478 e. The Kier molecular flexibility index (Phi) is 5.94. The molecule has 0 aliphatic rings. The van der Waals surface area contributed by atoms with E-state index in [0.717, 1.165) is 47.4 Å². The summed E-state index contributed by atoms with van der Waals surface area (Å²) in [6.07, 6.45) is 4.53. The number of benzene rings is 3. The van der Waals surface area contributed by atoms with Gasteiger partial charge in [-0.1, -0.05) is 74.4 Å². The molecule has 0 bridgehead atoms. The Balaban J connectivity index is 1.63. The number of carbonyl (C=O) groups is 1. The molecule has 0 fully saturated rings. The van der Waals surface area contributed by atoms with Crippen LogP contribution in [0.1, 0.15) is 47.9 Å². The number of aryl methyl sites for hydroxylation is 1. The highest BCUT2D eigenvalue weighted by Crippen LogP contribution is 2.25. The maximum Gasteiger partial charge on any atom is 0.336 e. The van der Waals surface area contributed by atoms with Crippen LogP contribution in [0.2, 0.25) is 0 Å². The normalized spacial score (nSPS) is 11.1. The molecule has 3 aromatic carbocycles. The van der Waals surface area contributed by atoms with E-state index in [2.05, 4.69) is 41.8 Å². The number of imidazole rings is 1. The smallest absolute Gasteiger partial charge is 0.336 e. The zero-order valence-corrected chi connectivity index (χ0v) is 17.2. The number of rotatable bonds is 8. The fraction of sp³-hybridized carbons (Fsp3) is 0.231. The Hall–Kier alpha value is -3.40. The fourth-order valence-corrected chi connectivity index (χ4v) is 3.92. The van der Waals surface area contributed by atoms with Gasteiger partial charge in [0.05, 0.1) is 16.6 Å². The molecule has 0 saturated carbocycles. The molecule has 4 nitrogen and oxygen atoms in total. The lowest BCUT2D eigenvalue weighted by Crippen LogP contribution is -2.05. The van der Waals surface area contributed by atoms with Crippen molar-refractivity contribution in [1.29, 1.82) is 0 Å². The summed E-state index contributed by atoms with van der Waals surface area (Å²) in [5, 5.41) is 9.46. The van der Waals surface area contributed by atoms with Gasteiger partial charge < -0.3 is 9.67 Å². The van der Waals surface area contributed by atoms with Crippen molar-refractivity contribution >= 4 is 17.0 Å². The second-order valence-electron chi connectivity index (χ2n) is 7.61. The van der Waals surface area contributed by atoms with Crippen molar-refractivity contribution in [2.75, 3.05) is 0 Å². The third-order valence-electron chi connectivity index (χ3n) is 5.50. The number of para-hydroxylation sites is 2. The molecule has 1 aromatic heterocycles. The summed E-state index contributed by atoms with van der Waals surface area (Å²) in [5.41, 5.74) is 5.34. The second-order valence-corrected chi connectivity index (χ2v) is 7.61. The summed E-state index contributed by atoms with van der Waals surface area (Å²) in [4.78, 5) is 16.4. The van der Waals surface area contributed by atoms with Crippen LogP contribution >= 0.6 is 0 Å². The van der Waals surface area contributed by atoms with E-state index in [0.29, 0.717) is 5.56 Å². The molecule has 0 radical (unpaired) electrons. The monoisotopic (exact) mass is 398 g/mol. The van der Waals surface area contributed by atoms with E-state index in [1.54, 1.807) is 12.1 Å². The van der Waals surface area contributed by atoms with E-state index in [1.165, 1.54) is 18.4 Å². The number of hydrogen-bond acceptors (Lipinski definition) is 2. The molecule has 0 unspecified atom stereocenters. The zero-order chi connectivity index (χ0) is 20.9. The molecule has 1 N–H and O–H groups in total. The first kappa shape index (κ1) is 19.9. The minimum Gasteiger partial charge on any atom is -0.478 e. The second kappa shape index (κ2) is 8.95. The summed E-state index contributed by atoms with van der Waals surface area (Å²) in [6.45, 7) is 2.97. The van der Waals surface area contributed by atoms with E-state index in [1.807, 2.05) is 30.3 Å². The van der Waals surface area contributed by atoms with Crippen molar-refractivity contribution in [1.82, 2.24) is 9.55 Å². The molecule has 0 saturated heterocycles. The summed E-state index contributed by atoms with van der Waals surface area (Å²) < 4.78 is 2.31. The summed E-state index contributed by atoms with van der Waals surface area (Å²) >= 11 is 0. The number of aromatic nitrogens is 2. The first-order chi connectivity index (χ1) is 14.7. The van der Waals surface area contributed by atoms with Gasteiger partial charge in [-0.15, -0.1) is 0 Å². The van der Waals surface area contributed by atoms with Crippen LogP contribution in [0, 0.1) is 0 Å². The minimum atomic E-state index is -0.906. The Morgan fingerprint density at radius 1 is 0.933 bits per heavy atom. The van der Waals surface area contributed by atoms with Crippen LogP contribution in [0.25, 0.3) is 22.2 Å². The molecule has 4 heteroatoms. The molecule has 0 aliphatic carbocycles. The van der Waals surface area contributed by atoms with E-state index >= 15 is 0 Å². The van der Waals surface area contributed by atoms with Gasteiger partial charge in [0.1, 0.15) is 5.82 Å². The number of aromatic carboxylic acids is 1. The highest BCUT2D eigenvalue weighted by Gasteiger charge is 2.13. The standard InChI is InChI=1S/C26H26N2O2/c1-2-3-4-13-25-27-23-11-7-8-12-24(23)28(25)18-19-14-16-20(17-15-19)21-9-5-6-10-22(21)26(29)30/h5-12,14-17H,2-4,13,18H2,1H3,(H,29,30). The molecule has 0 spiro atoms. The predicted octanol–water partition coefficient (Wildman–Crippen LogP) is 6.18. The van der Waals surface area contributed by atoms with Crippen molar-refractivity contribution in [3.05, 3.63) is 89.7 Å². The summed E-state index contributed by atoms with van der Waals surface area (Å²) in [5.74, 6) is 0.223. The average molecular weight is 399 g/mol. The van der Waals surface area contributed by atoms with Crippen LogP contribution in [0.15, 0.2) is 72.8 Å². The Morgan fingerprint density at radius 3 is 2.43 bits per heavy atom. The molecule has 0 atom stereocenters.